The molecule has 5 rings (SSSR count). The van der Waals surface area contributed by atoms with Crippen molar-refractivity contribution in [3.05, 3.63) is 62.7 Å². The van der Waals surface area contributed by atoms with E-state index in [1.165, 1.54) is 38.5 Å². The van der Waals surface area contributed by atoms with Gasteiger partial charge in [-0.05, 0) is 130 Å². The van der Waals surface area contributed by atoms with Crippen molar-refractivity contribution in [3.8, 4) is 0 Å². The Bertz CT molecular complexity index is 432. The topological polar surface area (TPSA) is 0 Å². The predicted molar refractivity (Wildman–Crippen MR) is 117 cm³/mol. The molecule has 0 aromatic carbocycles. The average Bonchev–Trinajstić information content (AvgIpc) is 3.46. The summed E-state index contributed by atoms with van der Waals surface area (Å²) >= 11 is -0.556. The van der Waals surface area contributed by atoms with Crippen LogP contribution in [0.15, 0.2) is 0 Å². The third-order valence-corrected chi connectivity index (χ3v) is 7.34. The van der Waals surface area contributed by atoms with Gasteiger partial charge in [-0.15, -0.1) is 0 Å². The van der Waals surface area contributed by atoms with E-state index in [4.69, 9.17) is 18.6 Å². The van der Waals surface area contributed by atoms with Gasteiger partial charge >= 0.3 is 35.6 Å². The first kappa shape index (κ1) is 23.9. The Hall–Kier alpha value is 1.29. The SMILES string of the molecule is CC(C)[C@@H]1CC[C@@H](C)C[C@@H]1[C]1[CH][CH][CH][CH]1.[CH]1[CH][C]2[C]([CH]1)C1CCC2C1.[Cl][Ti][Cl]. The molecule has 152 valence electrons. The zero-order valence-electron chi connectivity index (χ0n) is 17.5. The molecule has 0 aromatic heterocycles. The third kappa shape index (κ3) is 5.95. The zero-order chi connectivity index (χ0) is 20.1. The zero-order valence-corrected chi connectivity index (χ0v) is 20.6. The summed E-state index contributed by atoms with van der Waals surface area (Å²) in [6, 6.07) is 0. The van der Waals surface area contributed by atoms with E-state index in [2.05, 4.69) is 65.7 Å². The van der Waals surface area contributed by atoms with Gasteiger partial charge < -0.3 is 0 Å². The van der Waals surface area contributed by atoms with Gasteiger partial charge in [-0.2, -0.15) is 0 Å². The van der Waals surface area contributed by atoms with Gasteiger partial charge in [-0.25, -0.2) is 0 Å². The van der Waals surface area contributed by atoms with Crippen molar-refractivity contribution in [1.82, 2.24) is 0 Å². The number of halogens is 2. The molecule has 0 N–H and O–H groups in total. The van der Waals surface area contributed by atoms with Crippen LogP contribution < -0.4 is 0 Å². The summed E-state index contributed by atoms with van der Waals surface area (Å²) in [6.45, 7) is 7.18. The van der Waals surface area contributed by atoms with Crippen molar-refractivity contribution < 1.29 is 17.0 Å². The van der Waals surface area contributed by atoms with Crippen LogP contribution in [0.4, 0.5) is 0 Å². The fourth-order valence-corrected chi connectivity index (χ4v) is 5.96. The Kier molecular flexibility index (Phi) is 10.1. The molecule has 0 spiro atoms. The first-order chi connectivity index (χ1) is 13.5. The van der Waals surface area contributed by atoms with Crippen molar-refractivity contribution in [2.24, 2.45) is 35.5 Å². The molecular formula is C25H34Cl2Ti. The Morgan fingerprint density at radius 3 is 1.93 bits per heavy atom. The van der Waals surface area contributed by atoms with E-state index < -0.39 is 17.0 Å². The van der Waals surface area contributed by atoms with Crippen molar-refractivity contribution in [3.63, 3.8) is 0 Å². The van der Waals surface area contributed by atoms with Crippen LogP contribution >= 0.6 is 18.6 Å². The fourth-order valence-electron chi connectivity index (χ4n) is 5.96. The van der Waals surface area contributed by atoms with E-state index in [1.54, 1.807) is 17.8 Å². The molecule has 0 aliphatic heterocycles. The maximum absolute atomic E-state index is 4.89. The third-order valence-electron chi connectivity index (χ3n) is 7.34. The average molecular weight is 453 g/mol. The molecule has 5 fully saturated rings. The molecule has 0 saturated heterocycles. The van der Waals surface area contributed by atoms with Crippen molar-refractivity contribution in [1.29, 1.82) is 0 Å². The fraction of sp³-hybridized carbons (Fsp3) is 0.600. The Labute approximate surface area is 192 Å². The molecule has 0 amide bonds. The van der Waals surface area contributed by atoms with E-state index in [0.717, 1.165) is 35.5 Å². The minimum atomic E-state index is -0.556. The summed E-state index contributed by atoms with van der Waals surface area (Å²) in [5.74, 6) is 10.3. The second-order valence-corrected chi connectivity index (χ2v) is 11.9. The summed E-state index contributed by atoms with van der Waals surface area (Å²) in [4.78, 5) is 0. The summed E-state index contributed by atoms with van der Waals surface area (Å²) in [5.41, 5.74) is 0. The van der Waals surface area contributed by atoms with Crippen molar-refractivity contribution in [2.45, 2.75) is 59.3 Å². The van der Waals surface area contributed by atoms with Crippen LogP contribution in [-0.2, 0) is 17.0 Å². The number of rotatable bonds is 2. The van der Waals surface area contributed by atoms with E-state index in [1.807, 2.05) is 0 Å². The van der Waals surface area contributed by atoms with Crippen LogP contribution in [-0.4, -0.2) is 0 Å². The molecule has 5 saturated carbocycles. The molecular weight excluding hydrogens is 419 g/mol. The Morgan fingerprint density at radius 2 is 1.39 bits per heavy atom. The van der Waals surface area contributed by atoms with Crippen LogP contribution in [0.3, 0.4) is 0 Å². The molecule has 10 radical (unpaired) electrons. The van der Waals surface area contributed by atoms with E-state index >= 15 is 0 Å². The van der Waals surface area contributed by atoms with Crippen LogP contribution in [0.2, 0.25) is 0 Å². The van der Waals surface area contributed by atoms with Gasteiger partial charge in [0, 0.05) is 0 Å². The molecule has 0 heterocycles. The van der Waals surface area contributed by atoms with Crippen molar-refractivity contribution in [2.75, 3.05) is 0 Å². The van der Waals surface area contributed by atoms with Gasteiger partial charge in [0.15, 0.2) is 0 Å². The van der Waals surface area contributed by atoms with Gasteiger partial charge in [0.25, 0.3) is 0 Å². The van der Waals surface area contributed by atoms with Gasteiger partial charge in [0.2, 0.25) is 0 Å². The Morgan fingerprint density at radius 1 is 0.821 bits per heavy atom. The monoisotopic (exact) mass is 452 g/mol. The van der Waals surface area contributed by atoms with Gasteiger partial charge in [-0.3, -0.25) is 0 Å². The van der Waals surface area contributed by atoms with Crippen LogP contribution in [0.1, 0.15) is 59.3 Å². The number of hydrogen-bond acceptors (Lipinski definition) is 0. The summed E-state index contributed by atoms with van der Waals surface area (Å²) in [7, 11) is 9.78. The van der Waals surface area contributed by atoms with E-state index in [-0.39, 0.29) is 0 Å². The molecule has 5 aliphatic rings. The number of fused-ring (bicyclic) bond motifs is 5. The Balaban J connectivity index is 0.000000148. The second-order valence-electron chi connectivity index (χ2n) is 9.37. The normalized spacial score (nSPS) is 38.0. The standard InChI is InChI=1S/C15H23.C10H11.2ClH.Ti/c1-11(2)14-9-8-12(3)10-15(14)13-6-4-5-7-13;1-2-9-7-4-5-8(6-7)10(9)3-1;;;/h4-7,11-12,14-15H,8-10H2,1-3H3;1-3,7-8H,4-6H2;2*1H;/q;;;;+2/p-2/t12-,14+,15-;;;;/m1..../s1. The maximum atomic E-state index is 4.89. The molecule has 0 nitrogen and oxygen atoms in total. The van der Waals surface area contributed by atoms with Crippen LogP contribution in [0, 0.1) is 98.2 Å². The van der Waals surface area contributed by atoms with Gasteiger partial charge in [-0.1, -0.05) is 27.2 Å². The molecule has 28 heavy (non-hydrogen) atoms. The summed E-state index contributed by atoms with van der Waals surface area (Å²) < 4.78 is 0. The molecule has 2 unspecified atom stereocenters. The molecule has 2 bridgehead atoms. The van der Waals surface area contributed by atoms with Crippen molar-refractivity contribution >= 4 is 18.6 Å². The molecule has 5 atom stereocenters. The molecule has 3 heteroatoms. The quantitative estimate of drug-likeness (QED) is 0.377. The molecule has 0 aromatic rings. The van der Waals surface area contributed by atoms with Crippen LogP contribution in [0.25, 0.3) is 0 Å². The van der Waals surface area contributed by atoms with E-state index in [0.29, 0.717) is 0 Å². The number of hydrogen-bond donors (Lipinski definition) is 0. The summed E-state index contributed by atoms with van der Waals surface area (Å²) in [6.07, 6.45) is 24.5. The van der Waals surface area contributed by atoms with Crippen LogP contribution in [0.5, 0.6) is 0 Å². The summed E-state index contributed by atoms with van der Waals surface area (Å²) in [5, 5.41) is 0. The van der Waals surface area contributed by atoms with E-state index in [9.17, 15) is 0 Å². The van der Waals surface area contributed by atoms with Gasteiger partial charge in [0.05, 0.1) is 0 Å². The van der Waals surface area contributed by atoms with Gasteiger partial charge in [0.1, 0.15) is 0 Å². The minimum absolute atomic E-state index is 0.556. The second kappa shape index (κ2) is 11.8. The predicted octanol–water partition coefficient (Wildman–Crippen LogP) is 7.67. The first-order valence-electron chi connectivity index (χ1n) is 11.0. The first-order valence-corrected chi connectivity index (χ1v) is 15.3. The molecule has 5 aliphatic carbocycles.